The lowest BCUT2D eigenvalue weighted by molar-refractivity contribution is -0.122. The van der Waals surface area contributed by atoms with E-state index in [0.29, 0.717) is 42.2 Å². The van der Waals surface area contributed by atoms with E-state index in [0.717, 1.165) is 0 Å². The fourth-order valence-corrected chi connectivity index (χ4v) is 4.52. The predicted molar refractivity (Wildman–Crippen MR) is 111 cm³/mol. The number of anilines is 2. The van der Waals surface area contributed by atoms with Gasteiger partial charge in [-0.3, -0.25) is 13.9 Å². The third-order valence-corrected chi connectivity index (χ3v) is 6.22. The average Bonchev–Trinajstić information content (AvgIpc) is 3.07. The Morgan fingerprint density at radius 3 is 2.55 bits per heavy atom. The average molecular weight is 417 g/mol. The van der Waals surface area contributed by atoms with Crippen molar-refractivity contribution < 1.29 is 22.7 Å². The van der Waals surface area contributed by atoms with E-state index >= 15 is 0 Å². The number of ether oxygens (including phenoxy) is 1. The van der Waals surface area contributed by atoms with Crippen LogP contribution >= 0.6 is 0 Å². The number of hydrogen-bond acceptors (Lipinski definition) is 5. The molecule has 1 fully saturated rings. The van der Waals surface area contributed by atoms with Crippen LogP contribution < -0.4 is 19.7 Å². The first kappa shape index (κ1) is 20.7. The van der Waals surface area contributed by atoms with Crippen LogP contribution in [0.15, 0.2) is 48.5 Å². The molecule has 1 saturated heterocycles. The van der Waals surface area contributed by atoms with Gasteiger partial charge in [-0.05, 0) is 55.8 Å². The summed E-state index contributed by atoms with van der Waals surface area (Å²) in [5.41, 5.74) is 1.41. The highest BCUT2D eigenvalue weighted by Gasteiger charge is 2.28. The van der Waals surface area contributed by atoms with Gasteiger partial charge in [-0.15, -0.1) is 0 Å². The Labute approximate surface area is 169 Å². The van der Waals surface area contributed by atoms with Gasteiger partial charge in [-0.2, -0.15) is 0 Å². The summed E-state index contributed by atoms with van der Waals surface area (Å²) < 4.78 is 30.9. The van der Waals surface area contributed by atoms with E-state index in [2.05, 4.69) is 10.6 Å². The van der Waals surface area contributed by atoms with Crippen LogP contribution in [0.25, 0.3) is 0 Å². The second kappa shape index (κ2) is 8.95. The zero-order valence-electron chi connectivity index (χ0n) is 16.1. The number of rotatable bonds is 7. The molecule has 0 unspecified atom stereocenters. The first-order valence-electron chi connectivity index (χ1n) is 9.30. The van der Waals surface area contributed by atoms with Gasteiger partial charge in [0.1, 0.15) is 5.75 Å². The van der Waals surface area contributed by atoms with E-state index in [1.54, 1.807) is 48.5 Å². The SMILES string of the molecule is CCNC(=O)COc1ccc(NC(=O)c2cccc(N3CCCS3(=O)=O)c2)cc1. The van der Waals surface area contributed by atoms with Crippen molar-refractivity contribution in [3.05, 3.63) is 54.1 Å². The third-order valence-electron chi connectivity index (χ3n) is 4.35. The maximum atomic E-state index is 12.6. The molecule has 0 aromatic heterocycles. The zero-order valence-corrected chi connectivity index (χ0v) is 16.9. The fourth-order valence-electron chi connectivity index (χ4n) is 2.97. The number of sulfonamides is 1. The van der Waals surface area contributed by atoms with E-state index in [9.17, 15) is 18.0 Å². The summed E-state index contributed by atoms with van der Waals surface area (Å²) >= 11 is 0. The van der Waals surface area contributed by atoms with Crippen LogP contribution in [0.5, 0.6) is 5.75 Å². The van der Waals surface area contributed by atoms with E-state index in [-0.39, 0.29) is 24.2 Å². The number of nitrogens with zero attached hydrogens (tertiary/aromatic N) is 1. The number of hydrogen-bond donors (Lipinski definition) is 2. The molecule has 2 aromatic rings. The number of benzene rings is 2. The van der Waals surface area contributed by atoms with Crippen molar-refractivity contribution in [2.24, 2.45) is 0 Å². The monoisotopic (exact) mass is 417 g/mol. The van der Waals surface area contributed by atoms with Crippen LogP contribution in [0, 0.1) is 0 Å². The predicted octanol–water partition coefficient (Wildman–Crippen LogP) is 1.99. The zero-order chi connectivity index (χ0) is 20.9. The van der Waals surface area contributed by atoms with Gasteiger partial charge in [-0.25, -0.2) is 8.42 Å². The van der Waals surface area contributed by atoms with Crippen LogP contribution in [-0.2, 0) is 14.8 Å². The molecular formula is C20H23N3O5S. The number of carbonyl (C=O) groups is 2. The molecule has 1 aliphatic heterocycles. The van der Waals surface area contributed by atoms with E-state index in [1.165, 1.54) is 4.31 Å². The van der Waals surface area contributed by atoms with Crippen LogP contribution in [0.4, 0.5) is 11.4 Å². The highest BCUT2D eigenvalue weighted by Crippen LogP contribution is 2.25. The first-order chi connectivity index (χ1) is 13.9. The second-order valence-corrected chi connectivity index (χ2v) is 8.53. The van der Waals surface area contributed by atoms with Crippen LogP contribution in [0.1, 0.15) is 23.7 Å². The maximum Gasteiger partial charge on any atom is 0.257 e. The molecule has 2 amide bonds. The summed E-state index contributed by atoms with van der Waals surface area (Å²) in [6.07, 6.45) is 0.577. The molecule has 9 heteroatoms. The van der Waals surface area contributed by atoms with Gasteiger partial charge in [0, 0.05) is 24.3 Å². The highest BCUT2D eigenvalue weighted by atomic mass is 32.2. The minimum Gasteiger partial charge on any atom is -0.484 e. The van der Waals surface area contributed by atoms with Gasteiger partial charge in [0.15, 0.2) is 6.61 Å². The van der Waals surface area contributed by atoms with E-state index < -0.39 is 10.0 Å². The molecule has 154 valence electrons. The Hall–Kier alpha value is -3.07. The molecular weight excluding hydrogens is 394 g/mol. The third kappa shape index (κ3) is 5.26. The van der Waals surface area contributed by atoms with Gasteiger partial charge >= 0.3 is 0 Å². The Balaban J connectivity index is 1.63. The Morgan fingerprint density at radius 2 is 1.90 bits per heavy atom. The van der Waals surface area contributed by atoms with Crippen LogP contribution in [0.2, 0.25) is 0 Å². The molecule has 8 nitrogen and oxygen atoms in total. The van der Waals surface area contributed by atoms with Gasteiger partial charge in [0.25, 0.3) is 11.8 Å². The standard InChI is InChI=1S/C20H23N3O5S/c1-2-21-19(24)14-28-18-9-7-16(8-10-18)22-20(25)15-5-3-6-17(13-15)23-11-4-12-29(23,26)27/h3,5-10,13H,2,4,11-12,14H2,1H3,(H,21,24)(H,22,25). The topological polar surface area (TPSA) is 105 Å². The summed E-state index contributed by atoms with van der Waals surface area (Å²) in [6, 6.07) is 13.2. The van der Waals surface area contributed by atoms with Gasteiger partial charge in [0.2, 0.25) is 10.0 Å². The van der Waals surface area contributed by atoms with Crippen molar-refractivity contribution in [3.8, 4) is 5.75 Å². The molecule has 1 aliphatic rings. The van der Waals surface area contributed by atoms with Crippen molar-refractivity contribution in [1.29, 1.82) is 0 Å². The molecule has 1 heterocycles. The molecule has 29 heavy (non-hydrogen) atoms. The summed E-state index contributed by atoms with van der Waals surface area (Å²) in [7, 11) is -3.30. The largest absolute Gasteiger partial charge is 0.484 e. The van der Waals surface area contributed by atoms with Crippen LogP contribution in [0.3, 0.4) is 0 Å². The van der Waals surface area contributed by atoms with Gasteiger partial charge in [0.05, 0.1) is 11.4 Å². The van der Waals surface area contributed by atoms with Crippen molar-refractivity contribution in [3.63, 3.8) is 0 Å². The molecule has 0 atom stereocenters. The lowest BCUT2D eigenvalue weighted by Crippen LogP contribution is -2.28. The van der Waals surface area contributed by atoms with Crippen LogP contribution in [-0.4, -0.2) is 45.7 Å². The number of likely N-dealkylation sites (N-methyl/N-ethyl adjacent to an activating group) is 1. The minimum absolute atomic E-state index is 0.0776. The first-order valence-corrected chi connectivity index (χ1v) is 10.9. The maximum absolute atomic E-state index is 12.6. The molecule has 3 rings (SSSR count). The summed E-state index contributed by atoms with van der Waals surface area (Å²) in [5.74, 6) is 0.0810. The molecule has 2 aromatic carbocycles. The summed E-state index contributed by atoms with van der Waals surface area (Å²) in [6.45, 7) is 2.71. The highest BCUT2D eigenvalue weighted by molar-refractivity contribution is 7.93. The molecule has 0 bridgehead atoms. The molecule has 0 spiro atoms. The molecule has 0 radical (unpaired) electrons. The summed E-state index contributed by atoms with van der Waals surface area (Å²) in [5, 5.41) is 5.41. The fraction of sp³-hybridized carbons (Fsp3) is 0.300. The van der Waals surface area contributed by atoms with E-state index in [1.807, 2.05) is 6.92 Å². The lowest BCUT2D eigenvalue weighted by atomic mass is 10.1. The number of nitrogens with one attached hydrogen (secondary N) is 2. The van der Waals surface area contributed by atoms with Crippen molar-refractivity contribution in [2.75, 3.05) is 35.1 Å². The second-order valence-electron chi connectivity index (χ2n) is 6.51. The van der Waals surface area contributed by atoms with Crippen molar-refractivity contribution in [1.82, 2.24) is 5.32 Å². The Bertz CT molecular complexity index is 989. The smallest absolute Gasteiger partial charge is 0.257 e. The quantitative estimate of drug-likeness (QED) is 0.717. The molecule has 0 saturated carbocycles. The van der Waals surface area contributed by atoms with Crippen molar-refractivity contribution >= 4 is 33.2 Å². The summed E-state index contributed by atoms with van der Waals surface area (Å²) in [4.78, 5) is 24.0. The normalized spacial score (nSPS) is 15.0. The van der Waals surface area contributed by atoms with Gasteiger partial charge < -0.3 is 15.4 Å². The molecule has 0 aliphatic carbocycles. The lowest BCUT2D eigenvalue weighted by Gasteiger charge is -2.17. The number of carbonyl (C=O) groups excluding carboxylic acids is 2. The van der Waals surface area contributed by atoms with E-state index in [4.69, 9.17) is 4.74 Å². The molecule has 2 N–H and O–H groups in total. The van der Waals surface area contributed by atoms with Gasteiger partial charge in [-0.1, -0.05) is 6.07 Å². The minimum atomic E-state index is -3.30. The Kier molecular flexibility index (Phi) is 6.38. The number of amides is 2. The van der Waals surface area contributed by atoms with Crippen molar-refractivity contribution in [2.45, 2.75) is 13.3 Å². The Morgan fingerprint density at radius 1 is 1.14 bits per heavy atom.